The number of halogens is 1. The summed E-state index contributed by atoms with van der Waals surface area (Å²) in [6, 6.07) is 8.12. The molecule has 2 aromatic heterocycles. The molecule has 0 aliphatic rings. The fourth-order valence-electron chi connectivity index (χ4n) is 2.23. The number of aryl methyl sites for hydroxylation is 1. The van der Waals surface area contributed by atoms with Gasteiger partial charge in [-0.05, 0) is 19.1 Å². The number of fused-ring (bicyclic) bond motifs is 1. The summed E-state index contributed by atoms with van der Waals surface area (Å²) in [7, 11) is 0. The third kappa shape index (κ3) is 2.19. The lowest BCUT2D eigenvalue weighted by Crippen LogP contribution is -2.04. The van der Waals surface area contributed by atoms with Crippen molar-refractivity contribution >= 4 is 22.6 Å². The maximum absolute atomic E-state index is 6.11. The number of benzene rings is 1. The molecule has 0 spiro atoms. The summed E-state index contributed by atoms with van der Waals surface area (Å²) in [5.41, 5.74) is 2.95. The maximum atomic E-state index is 6.11. The summed E-state index contributed by atoms with van der Waals surface area (Å²) in [5, 5.41) is 0.581. The van der Waals surface area contributed by atoms with Crippen LogP contribution in [0.4, 0.5) is 0 Å². The molecule has 0 N–H and O–H groups in total. The molecule has 4 nitrogen and oxygen atoms in total. The zero-order valence-electron chi connectivity index (χ0n) is 10.5. The van der Waals surface area contributed by atoms with Crippen molar-refractivity contribution in [3.05, 3.63) is 53.3 Å². The first-order chi connectivity index (χ1) is 9.29. The van der Waals surface area contributed by atoms with Crippen molar-refractivity contribution in [2.24, 2.45) is 0 Å². The summed E-state index contributed by atoms with van der Waals surface area (Å²) in [4.78, 5) is 12.8. The number of hydrogen-bond donors (Lipinski definition) is 0. The molecule has 0 atom stereocenters. The molecule has 0 fully saturated rings. The first kappa shape index (κ1) is 12.1. The zero-order valence-corrected chi connectivity index (χ0v) is 11.3. The van der Waals surface area contributed by atoms with Crippen LogP contribution < -0.4 is 0 Å². The summed E-state index contributed by atoms with van der Waals surface area (Å²) in [6.07, 6.45) is 3.74. The van der Waals surface area contributed by atoms with Gasteiger partial charge in [-0.2, -0.15) is 0 Å². The van der Waals surface area contributed by atoms with Crippen molar-refractivity contribution in [2.75, 3.05) is 0 Å². The topological polar surface area (TPSA) is 43.6 Å². The number of aromatic nitrogens is 4. The lowest BCUT2D eigenvalue weighted by molar-refractivity contribution is 0.728. The average molecular weight is 273 g/mol. The van der Waals surface area contributed by atoms with Crippen LogP contribution in [0.3, 0.4) is 0 Å². The third-order valence-corrected chi connectivity index (χ3v) is 3.43. The van der Waals surface area contributed by atoms with Gasteiger partial charge in [-0.15, -0.1) is 0 Å². The molecule has 0 aliphatic heterocycles. The van der Waals surface area contributed by atoms with E-state index < -0.39 is 0 Å². The van der Waals surface area contributed by atoms with Crippen molar-refractivity contribution < 1.29 is 0 Å². The molecule has 0 bridgehead atoms. The Balaban J connectivity index is 2.08. The van der Waals surface area contributed by atoms with E-state index in [0.29, 0.717) is 11.4 Å². The van der Waals surface area contributed by atoms with E-state index in [4.69, 9.17) is 11.6 Å². The summed E-state index contributed by atoms with van der Waals surface area (Å²) in [5.74, 6) is 0.976. The van der Waals surface area contributed by atoms with Crippen LogP contribution in [0.15, 0.2) is 36.8 Å². The van der Waals surface area contributed by atoms with Gasteiger partial charge in [-0.1, -0.05) is 23.7 Å². The van der Waals surface area contributed by atoms with Gasteiger partial charge in [0, 0.05) is 19.2 Å². The van der Waals surface area contributed by atoms with Crippen LogP contribution in [0.1, 0.15) is 18.4 Å². The zero-order chi connectivity index (χ0) is 13.2. The molecule has 3 rings (SSSR count). The van der Waals surface area contributed by atoms with Gasteiger partial charge in [-0.3, -0.25) is 0 Å². The largest absolute Gasteiger partial charge is 0.328 e. The first-order valence-corrected chi connectivity index (χ1v) is 6.56. The molecule has 19 heavy (non-hydrogen) atoms. The van der Waals surface area contributed by atoms with E-state index in [1.807, 2.05) is 18.2 Å². The molecular weight excluding hydrogens is 260 g/mol. The Bertz CT molecular complexity index is 720. The Labute approximate surface area is 116 Å². The van der Waals surface area contributed by atoms with E-state index >= 15 is 0 Å². The minimum absolute atomic E-state index is 0.581. The summed E-state index contributed by atoms with van der Waals surface area (Å²) < 4.78 is 2.19. The van der Waals surface area contributed by atoms with E-state index in [2.05, 4.69) is 32.5 Å². The standard InChI is InChI=1S/C14H13ClN4/c1-2-19-13-6-4-3-5-11(13)18-14(19)7-12-10(15)8-16-9-17-12/h3-6,8-9H,2,7H2,1H3. The number of nitrogens with zero attached hydrogens (tertiary/aromatic N) is 4. The highest BCUT2D eigenvalue weighted by Gasteiger charge is 2.11. The van der Waals surface area contributed by atoms with Crippen molar-refractivity contribution in [1.82, 2.24) is 19.5 Å². The van der Waals surface area contributed by atoms with E-state index in [-0.39, 0.29) is 0 Å². The SMILES string of the molecule is CCn1c(Cc2ncncc2Cl)nc2ccccc21. The molecular formula is C14H13ClN4. The van der Waals surface area contributed by atoms with E-state index in [9.17, 15) is 0 Å². The molecule has 2 heterocycles. The van der Waals surface area contributed by atoms with E-state index in [1.54, 1.807) is 6.20 Å². The Morgan fingerprint density at radius 2 is 2.11 bits per heavy atom. The molecule has 0 saturated carbocycles. The second-order valence-corrected chi connectivity index (χ2v) is 4.66. The fourth-order valence-corrected chi connectivity index (χ4v) is 2.40. The number of hydrogen-bond acceptors (Lipinski definition) is 3. The number of imidazole rings is 1. The second-order valence-electron chi connectivity index (χ2n) is 4.26. The normalized spacial score (nSPS) is 11.1. The van der Waals surface area contributed by atoms with Gasteiger partial charge in [0.1, 0.15) is 12.2 Å². The molecule has 0 amide bonds. The van der Waals surface area contributed by atoms with Gasteiger partial charge in [-0.25, -0.2) is 15.0 Å². The average Bonchev–Trinajstić information content (AvgIpc) is 2.78. The van der Waals surface area contributed by atoms with Gasteiger partial charge in [0.2, 0.25) is 0 Å². The van der Waals surface area contributed by atoms with Gasteiger partial charge >= 0.3 is 0 Å². The Kier molecular flexibility index (Phi) is 3.17. The van der Waals surface area contributed by atoms with Crippen LogP contribution >= 0.6 is 11.6 Å². The third-order valence-electron chi connectivity index (χ3n) is 3.12. The van der Waals surface area contributed by atoms with Gasteiger partial charge in [0.25, 0.3) is 0 Å². The minimum atomic E-state index is 0.581. The van der Waals surface area contributed by atoms with Crippen molar-refractivity contribution in [3.8, 4) is 0 Å². The highest BCUT2D eigenvalue weighted by molar-refractivity contribution is 6.31. The van der Waals surface area contributed by atoms with Crippen LogP contribution in [0.2, 0.25) is 5.02 Å². The highest BCUT2D eigenvalue weighted by Crippen LogP contribution is 2.20. The van der Waals surface area contributed by atoms with Crippen LogP contribution in [0.5, 0.6) is 0 Å². The van der Waals surface area contributed by atoms with Gasteiger partial charge in [0.05, 0.1) is 21.7 Å². The summed E-state index contributed by atoms with van der Waals surface area (Å²) in [6.45, 7) is 2.98. The van der Waals surface area contributed by atoms with Crippen molar-refractivity contribution in [3.63, 3.8) is 0 Å². The highest BCUT2D eigenvalue weighted by atomic mass is 35.5. The Morgan fingerprint density at radius 1 is 1.26 bits per heavy atom. The van der Waals surface area contributed by atoms with Crippen LogP contribution in [0, 0.1) is 0 Å². The molecule has 0 aliphatic carbocycles. The molecule has 96 valence electrons. The predicted octanol–water partition coefficient (Wildman–Crippen LogP) is 3.09. The molecule has 0 radical (unpaired) electrons. The van der Waals surface area contributed by atoms with E-state index in [1.165, 1.54) is 6.33 Å². The lowest BCUT2D eigenvalue weighted by Gasteiger charge is -2.06. The lowest BCUT2D eigenvalue weighted by atomic mass is 10.3. The molecule has 5 heteroatoms. The predicted molar refractivity (Wildman–Crippen MR) is 75.3 cm³/mol. The number of rotatable bonds is 3. The monoisotopic (exact) mass is 272 g/mol. The Morgan fingerprint density at radius 3 is 2.89 bits per heavy atom. The fraction of sp³-hybridized carbons (Fsp3) is 0.214. The second kappa shape index (κ2) is 4.97. The molecule has 1 aromatic carbocycles. The van der Waals surface area contributed by atoms with Gasteiger partial charge in [0.15, 0.2) is 0 Å². The maximum Gasteiger partial charge on any atom is 0.115 e. The van der Waals surface area contributed by atoms with Crippen LogP contribution in [-0.4, -0.2) is 19.5 Å². The summed E-state index contributed by atoms with van der Waals surface area (Å²) >= 11 is 6.11. The number of para-hydroxylation sites is 2. The van der Waals surface area contributed by atoms with E-state index in [0.717, 1.165) is 29.1 Å². The molecule has 0 saturated heterocycles. The molecule has 0 unspecified atom stereocenters. The minimum Gasteiger partial charge on any atom is -0.328 e. The van der Waals surface area contributed by atoms with Gasteiger partial charge < -0.3 is 4.57 Å². The van der Waals surface area contributed by atoms with Crippen molar-refractivity contribution in [2.45, 2.75) is 19.9 Å². The molecule has 3 aromatic rings. The Hall–Kier alpha value is -1.94. The smallest absolute Gasteiger partial charge is 0.115 e. The first-order valence-electron chi connectivity index (χ1n) is 6.18. The van der Waals surface area contributed by atoms with Crippen LogP contribution in [0.25, 0.3) is 11.0 Å². The van der Waals surface area contributed by atoms with Crippen molar-refractivity contribution in [1.29, 1.82) is 0 Å². The quantitative estimate of drug-likeness (QED) is 0.736. The van der Waals surface area contributed by atoms with Crippen LogP contribution in [-0.2, 0) is 13.0 Å².